The molecule has 0 saturated heterocycles. The van der Waals surface area contributed by atoms with Crippen LogP contribution in [0.15, 0.2) is 0 Å². The van der Waals surface area contributed by atoms with Gasteiger partial charge >= 0.3 is 19.5 Å². The van der Waals surface area contributed by atoms with E-state index in [2.05, 4.69) is 0 Å². The van der Waals surface area contributed by atoms with Crippen LogP contribution >= 0.6 is 7.60 Å². The van der Waals surface area contributed by atoms with E-state index in [1.54, 1.807) is 41.5 Å². The fraction of sp³-hybridized carbons (Fsp3) is 0.857. The van der Waals surface area contributed by atoms with Gasteiger partial charge < -0.3 is 18.5 Å². The lowest BCUT2D eigenvalue weighted by atomic mass is 10.2. The van der Waals surface area contributed by atoms with Crippen LogP contribution in [0.25, 0.3) is 0 Å². The summed E-state index contributed by atoms with van der Waals surface area (Å²) in [6.45, 7) is 10.3. The molecule has 0 amide bonds. The fourth-order valence-electron chi connectivity index (χ4n) is 1.68. The first kappa shape index (κ1) is 21.1. The van der Waals surface area contributed by atoms with E-state index >= 15 is 0 Å². The second-order valence-corrected chi connectivity index (χ2v) is 7.65. The molecule has 7 nitrogen and oxygen atoms in total. The van der Waals surface area contributed by atoms with Gasteiger partial charge in [0.1, 0.15) is 5.60 Å². The Morgan fingerprint density at radius 2 is 1.50 bits per heavy atom. The minimum atomic E-state index is -3.81. The summed E-state index contributed by atoms with van der Waals surface area (Å²) in [6.07, 6.45) is -0.423. The first-order valence-electron chi connectivity index (χ1n) is 7.36. The minimum Gasteiger partial charge on any atom is -0.465 e. The van der Waals surface area contributed by atoms with Crippen molar-refractivity contribution < 1.29 is 32.7 Å². The van der Waals surface area contributed by atoms with E-state index in [1.807, 2.05) is 0 Å². The summed E-state index contributed by atoms with van der Waals surface area (Å²) in [4.78, 5) is 24.0. The molecular weight excluding hydrogens is 311 g/mol. The highest BCUT2D eigenvalue weighted by atomic mass is 31.2. The molecule has 0 radical (unpaired) electrons. The summed E-state index contributed by atoms with van der Waals surface area (Å²) in [5.41, 5.74) is -2.04. The van der Waals surface area contributed by atoms with Crippen molar-refractivity contribution in [1.82, 2.24) is 0 Å². The zero-order valence-electron chi connectivity index (χ0n) is 14.2. The molecule has 0 spiro atoms. The lowest BCUT2D eigenvalue weighted by Crippen LogP contribution is -2.32. The van der Waals surface area contributed by atoms with Gasteiger partial charge in [-0.15, -0.1) is 0 Å². The van der Waals surface area contributed by atoms with Gasteiger partial charge in [-0.2, -0.15) is 0 Å². The zero-order chi connectivity index (χ0) is 17.4. The van der Waals surface area contributed by atoms with Crippen molar-refractivity contribution in [1.29, 1.82) is 0 Å². The first-order valence-corrected chi connectivity index (χ1v) is 8.98. The molecule has 0 aliphatic carbocycles. The van der Waals surface area contributed by atoms with Crippen LogP contribution in [0.4, 0.5) is 0 Å². The molecule has 0 aliphatic heterocycles. The zero-order valence-corrected chi connectivity index (χ0v) is 15.1. The highest BCUT2D eigenvalue weighted by Gasteiger charge is 2.44. The predicted molar refractivity (Wildman–Crippen MR) is 81.7 cm³/mol. The smallest absolute Gasteiger partial charge is 0.345 e. The van der Waals surface area contributed by atoms with Crippen LogP contribution in [-0.2, 0) is 32.7 Å². The lowest BCUT2D eigenvalue weighted by molar-refractivity contribution is -0.158. The average Bonchev–Trinajstić information content (AvgIpc) is 2.34. The Kier molecular flexibility index (Phi) is 8.89. The van der Waals surface area contributed by atoms with Crippen LogP contribution in [0, 0.1) is 0 Å². The van der Waals surface area contributed by atoms with Crippen LogP contribution in [0.5, 0.6) is 0 Å². The molecule has 22 heavy (non-hydrogen) atoms. The average molecular weight is 338 g/mol. The number of rotatable bonds is 9. The Balaban J connectivity index is 5.30. The molecule has 0 aromatic carbocycles. The van der Waals surface area contributed by atoms with Crippen molar-refractivity contribution in [2.45, 2.75) is 59.2 Å². The van der Waals surface area contributed by atoms with Crippen molar-refractivity contribution in [2.24, 2.45) is 0 Å². The van der Waals surface area contributed by atoms with E-state index in [1.165, 1.54) is 0 Å². The summed E-state index contributed by atoms with van der Waals surface area (Å²) in [5.74, 6) is -1.45. The number of esters is 2. The SMILES string of the molecule is CCOC(=O)[C@@H](CC(=O)OC(C)(C)C)P(=O)(OCC)OCC. The molecule has 0 heterocycles. The Hall–Kier alpha value is -0.910. The van der Waals surface area contributed by atoms with Crippen LogP contribution in [0.2, 0.25) is 0 Å². The van der Waals surface area contributed by atoms with Gasteiger partial charge in [-0.1, -0.05) is 0 Å². The van der Waals surface area contributed by atoms with Gasteiger partial charge in [0, 0.05) is 0 Å². The highest BCUT2D eigenvalue weighted by molar-refractivity contribution is 7.55. The van der Waals surface area contributed by atoms with Crippen LogP contribution in [0.3, 0.4) is 0 Å². The summed E-state index contributed by atoms with van der Waals surface area (Å²) in [6, 6.07) is 0. The fourth-order valence-corrected chi connectivity index (χ4v) is 3.54. The summed E-state index contributed by atoms with van der Waals surface area (Å²) >= 11 is 0. The Bertz CT molecular complexity index is 404. The summed E-state index contributed by atoms with van der Waals surface area (Å²) in [7, 11) is -3.81. The topological polar surface area (TPSA) is 88.1 Å². The minimum absolute atomic E-state index is 0.0848. The van der Waals surface area contributed by atoms with Gasteiger partial charge in [-0.25, -0.2) is 0 Å². The molecule has 0 unspecified atom stereocenters. The lowest BCUT2D eigenvalue weighted by Gasteiger charge is -2.26. The highest BCUT2D eigenvalue weighted by Crippen LogP contribution is 2.54. The van der Waals surface area contributed by atoms with Crippen LogP contribution in [-0.4, -0.2) is 43.0 Å². The number of carbonyl (C=O) groups excluding carboxylic acids is 2. The summed E-state index contributed by atoms with van der Waals surface area (Å²) < 4.78 is 33.2. The maximum atomic E-state index is 12.8. The second-order valence-electron chi connectivity index (χ2n) is 5.43. The molecule has 1 atom stereocenters. The molecule has 8 heteroatoms. The third kappa shape index (κ3) is 7.38. The Morgan fingerprint density at radius 1 is 1.00 bits per heavy atom. The number of carbonyl (C=O) groups is 2. The largest absolute Gasteiger partial charge is 0.465 e. The Labute approximate surface area is 132 Å². The molecule has 0 bridgehead atoms. The van der Waals surface area contributed by atoms with Gasteiger partial charge in [0.15, 0.2) is 5.66 Å². The van der Waals surface area contributed by atoms with Crippen molar-refractivity contribution in [3.63, 3.8) is 0 Å². The normalized spacial score (nSPS) is 13.5. The second kappa shape index (κ2) is 9.28. The molecule has 0 N–H and O–H groups in total. The monoisotopic (exact) mass is 338 g/mol. The van der Waals surface area contributed by atoms with Crippen molar-refractivity contribution in [3.8, 4) is 0 Å². The maximum Gasteiger partial charge on any atom is 0.345 e. The standard InChI is InChI=1S/C14H27O7P/c1-7-18-13(16)11(10-12(15)21-14(4,5)6)22(17,19-8-2)20-9-3/h11H,7-10H2,1-6H3/t11-/m1/s1. The van der Waals surface area contributed by atoms with Gasteiger partial charge in [0.25, 0.3) is 0 Å². The molecular formula is C14H27O7P. The molecule has 0 fully saturated rings. The van der Waals surface area contributed by atoms with Gasteiger partial charge in [-0.05, 0) is 41.5 Å². The van der Waals surface area contributed by atoms with Crippen molar-refractivity contribution >= 4 is 19.5 Å². The maximum absolute atomic E-state index is 12.8. The molecule has 130 valence electrons. The third-order valence-electron chi connectivity index (χ3n) is 2.34. The molecule has 0 aliphatic rings. The molecule has 0 rings (SSSR count). The van der Waals surface area contributed by atoms with Crippen LogP contribution in [0.1, 0.15) is 48.0 Å². The van der Waals surface area contributed by atoms with E-state index in [0.29, 0.717) is 0 Å². The first-order chi connectivity index (χ1) is 10.1. The molecule has 0 aromatic heterocycles. The van der Waals surface area contributed by atoms with Crippen molar-refractivity contribution in [3.05, 3.63) is 0 Å². The number of hydrogen-bond donors (Lipinski definition) is 0. The van der Waals surface area contributed by atoms with E-state index in [4.69, 9.17) is 18.5 Å². The predicted octanol–water partition coefficient (Wildman–Crippen LogP) is 2.92. The number of ether oxygens (including phenoxy) is 2. The van der Waals surface area contributed by atoms with Gasteiger partial charge in [0.05, 0.1) is 26.2 Å². The molecule has 0 aromatic rings. The van der Waals surface area contributed by atoms with E-state index < -0.39 is 37.2 Å². The third-order valence-corrected chi connectivity index (χ3v) is 4.73. The quantitative estimate of drug-likeness (QED) is 0.472. The van der Waals surface area contributed by atoms with E-state index in [9.17, 15) is 14.2 Å². The van der Waals surface area contributed by atoms with Gasteiger partial charge in [0.2, 0.25) is 0 Å². The van der Waals surface area contributed by atoms with E-state index in [-0.39, 0.29) is 19.8 Å². The summed E-state index contributed by atoms with van der Waals surface area (Å²) in [5, 5.41) is 0. The van der Waals surface area contributed by atoms with Gasteiger partial charge in [-0.3, -0.25) is 14.2 Å². The van der Waals surface area contributed by atoms with Crippen LogP contribution < -0.4 is 0 Å². The van der Waals surface area contributed by atoms with Crippen molar-refractivity contribution in [2.75, 3.05) is 19.8 Å². The Morgan fingerprint density at radius 3 is 1.86 bits per heavy atom. The number of hydrogen-bond acceptors (Lipinski definition) is 7. The molecule has 0 saturated carbocycles. The van der Waals surface area contributed by atoms with E-state index in [0.717, 1.165) is 0 Å².